The van der Waals surface area contributed by atoms with Gasteiger partial charge in [0, 0.05) is 39.3 Å². The Bertz CT molecular complexity index is 803. The van der Waals surface area contributed by atoms with E-state index in [4.69, 9.17) is 4.74 Å². The summed E-state index contributed by atoms with van der Waals surface area (Å²) < 4.78 is 5.48. The SMILES string of the molecule is CCOc1ccc(CN2CCN(CC(=O)NC(=O)NCc3ccccc3)CC2)cc1. The second-order valence-electron chi connectivity index (χ2n) is 7.35. The van der Waals surface area contributed by atoms with Gasteiger partial charge in [-0.3, -0.25) is 19.9 Å². The molecular weight excluding hydrogens is 380 g/mol. The van der Waals surface area contributed by atoms with Gasteiger partial charge in [-0.05, 0) is 30.2 Å². The fourth-order valence-electron chi connectivity index (χ4n) is 3.41. The third-order valence-corrected chi connectivity index (χ3v) is 5.02. The zero-order valence-electron chi connectivity index (χ0n) is 17.5. The Morgan fingerprint density at radius 3 is 2.23 bits per heavy atom. The fraction of sp³-hybridized carbons (Fsp3) is 0.391. The molecule has 160 valence electrons. The summed E-state index contributed by atoms with van der Waals surface area (Å²) in [6, 6.07) is 17.3. The predicted octanol–water partition coefficient (Wildman–Crippen LogP) is 2.23. The van der Waals surface area contributed by atoms with Crippen LogP contribution in [0.4, 0.5) is 4.79 Å². The largest absolute Gasteiger partial charge is 0.494 e. The summed E-state index contributed by atoms with van der Waals surface area (Å²) in [5.41, 5.74) is 2.24. The van der Waals surface area contributed by atoms with Gasteiger partial charge in [-0.15, -0.1) is 0 Å². The Morgan fingerprint density at radius 1 is 0.900 bits per heavy atom. The number of hydrogen-bond acceptors (Lipinski definition) is 5. The maximum absolute atomic E-state index is 12.2. The number of rotatable bonds is 8. The smallest absolute Gasteiger partial charge is 0.321 e. The van der Waals surface area contributed by atoms with Gasteiger partial charge in [0.25, 0.3) is 0 Å². The van der Waals surface area contributed by atoms with Crippen molar-refractivity contribution in [3.63, 3.8) is 0 Å². The Kier molecular flexibility index (Phi) is 8.23. The molecule has 1 aliphatic heterocycles. The number of ether oxygens (including phenoxy) is 1. The molecule has 2 N–H and O–H groups in total. The van der Waals surface area contributed by atoms with Gasteiger partial charge in [0.15, 0.2) is 0 Å². The molecule has 2 aromatic rings. The van der Waals surface area contributed by atoms with E-state index in [1.807, 2.05) is 49.4 Å². The van der Waals surface area contributed by atoms with Crippen molar-refractivity contribution in [1.82, 2.24) is 20.4 Å². The molecular formula is C23H30N4O3. The first kappa shape index (κ1) is 21.8. The molecule has 0 radical (unpaired) electrons. The van der Waals surface area contributed by atoms with Crippen LogP contribution in [0.3, 0.4) is 0 Å². The summed E-state index contributed by atoms with van der Waals surface area (Å²) in [5, 5.41) is 5.11. The van der Waals surface area contributed by atoms with Crippen molar-refractivity contribution in [2.24, 2.45) is 0 Å². The van der Waals surface area contributed by atoms with Crippen LogP contribution in [-0.4, -0.2) is 61.1 Å². The molecule has 0 saturated carbocycles. The molecule has 0 atom stereocenters. The van der Waals surface area contributed by atoms with E-state index in [0.717, 1.165) is 44.0 Å². The number of carbonyl (C=O) groups is 2. The number of nitrogens with zero attached hydrogens (tertiary/aromatic N) is 2. The number of benzene rings is 2. The number of amides is 3. The number of imide groups is 1. The summed E-state index contributed by atoms with van der Waals surface area (Å²) in [6.07, 6.45) is 0. The number of nitrogens with one attached hydrogen (secondary N) is 2. The minimum absolute atomic E-state index is 0.232. The van der Waals surface area contributed by atoms with Crippen LogP contribution in [0.5, 0.6) is 5.75 Å². The molecule has 7 heteroatoms. The van der Waals surface area contributed by atoms with E-state index < -0.39 is 6.03 Å². The van der Waals surface area contributed by atoms with Crippen molar-refractivity contribution in [2.45, 2.75) is 20.0 Å². The van der Waals surface area contributed by atoms with Crippen LogP contribution >= 0.6 is 0 Å². The monoisotopic (exact) mass is 410 g/mol. The highest BCUT2D eigenvalue weighted by molar-refractivity contribution is 5.95. The maximum atomic E-state index is 12.2. The Morgan fingerprint density at radius 2 is 1.57 bits per heavy atom. The van der Waals surface area contributed by atoms with E-state index in [-0.39, 0.29) is 12.5 Å². The van der Waals surface area contributed by atoms with Crippen LogP contribution in [0.25, 0.3) is 0 Å². The minimum Gasteiger partial charge on any atom is -0.494 e. The van der Waals surface area contributed by atoms with Gasteiger partial charge < -0.3 is 10.1 Å². The van der Waals surface area contributed by atoms with Crippen molar-refractivity contribution in [1.29, 1.82) is 0 Å². The van der Waals surface area contributed by atoms with Gasteiger partial charge in [0.05, 0.1) is 13.2 Å². The van der Waals surface area contributed by atoms with E-state index in [2.05, 4.69) is 32.6 Å². The van der Waals surface area contributed by atoms with Gasteiger partial charge in [-0.25, -0.2) is 4.79 Å². The van der Waals surface area contributed by atoms with Crippen LogP contribution in [0, 0.1) is 0 Å². The molecule has 0 aromatic heterocycles. The average molecular weight is 411 g/mol. The molecule has 1 saturated heterocycles. The Labute approximate surface area is 178 Å². The summed E-state index contributed by atoms with van der Waals surface area (Å²) in [5.74, 6) is 0.616. The number of hydrogen-bond donors (Lipinski definition) is 2. The van der Waals surface area contributed by atoms with Crippen molar-refractivity contribution in [3.8, 4) is 5.75 Å². The second-order valence-corrected chi connectivity index (χ2v) is 7.35. The lowest BCUT2D eigenvalue weighted by molar-refractivity contribution is -0.121. The zero-order valence-corrected chi connectivity index (χ0v) is 17.5. The fourth-order valence-corrected chi connectivity index (χ4v) is 3.41. The molecule has 1 fully saturated rings. The molecule has 30 heavy (non-hydrogen) atoms. The molecule has 0 aliphatic carbocycles. The lowest BCUT2D eigenvalue weighted by atomic mass is 10.2. The molecule has 1 heterocycles. The van der Waals surface area contributed by atoms with Crippen LogP contribution < -0.4 is 15.4 Å². The highest BCUT2D eigenvalue weighted by Crippen LogP contribution is 2.14. The third-order valence-electron chi connectivity index (χ3n) is 5.02. The predicted molar refractivity (Wildman–Crippen MR) is 116 cm³/mol. The Hall–Kier alpha value is -2.90. The normalized spacial score (nSPS) is 14.8. The molecule has 3 amide bonds. The summed E-state index contributed by atoms with van der Waals surface area (Å²) in [4.78, 5) is 28.5. The molecule has 0 unspecified atom stereocenters. The van der Waals surface area contributed by atoms with E-state index >= 15 is 0 Å². The molecule has 0 spiro atoms. The lowest BCUT2D eigenvalue weighted by Crippen LogP contribution is -2.50. The van der Waals surface area contributed by atoms with E-state index in [9.17, 15) is 9.59 Å². The Balaban J connectivity index is 1.33. The number of urea groups is 1. The summed E-state index contributed by atoms with van der Waals surface area (Å²) in [7, 11) is 0. The first-order valence-corrected chi connectivity index (χ1v) is 10.4. The zero-order chi connectivity index (χ0) is 21.2. The topological polar surface area (TPSA) is 73.9 Å². The van der Waals surface area contributed by atoms with Crippen LogP contribution in [-0.2, 0) is 17.9 Å². The van der Waals surface area contributed by atoms with Crippen molar-refractivity contribution in [2.75, 3.05) is 39.3 Å². The van der Waals surface area contributed by atoms with Crippen molar-refractivity contribution >= 4 is 11.9 Å². The van der Waals surface area contributed by atoms with Gasteiger partial charge >= 0.3 is 6.03 Å². The van der Waals surface area contributed by atoms with E-state index in [1.165, 1.54) is 5.56 Å². The van der Waals surface area contributed by atoms with Gasteiger partial charge in [-0.2, -0.15) is 0 Å². The molecule has 0 bridgehead atoms. The first-order valence-electron chi connectivity index (χ1n) is 10.4. The molecule has 1 aliphatic rings. The van der Waals surface area contributed by atoms with Crippen LogP contribution in [0.1, 0.15) is 18.1 Å². The van der Waals surface area contributed by atoms with Crippen LogP contribution in [0.15, 0.2) is 54.6 Å². The third kappa shape index (κ3) is 7.17. The van der Waals surface area contributed by atoms with E-state index in [1.54, 1.807) is 0 Å². The second kappa shape index (κ2) is 11.3. The molecule has 3 rings (SSSR count). The molecule has 7 nitrogen and oxygen atoms in total. The standard InChI is InChI=1S/C23H30N4O3/c1-2-30-21-10-8-20(9-11-21)17-26-12-14-27(15-13-26)18-22(28)25-23(29)24-16-19-6-4-3-5-7-19/h3-11H,2,12-18H2,1H3,(H2,24,25,28,29). The highest BCUT2D eigenvalue weighted by Gasteiger charge is 2.20. The number of piperazine rings is 1. The number of carbonyl (C=O) groups excluding carboxylic acids is 2. The molecule has 2 aromatic carbocycles. The minimum atomic E-state index is -0.460. The lowest BCUT2D eigenvalue weighted by Gasteiger charge is -2.34. The maximum Gasteiger partial charge on any atom is 0.321 e. The van der Waals surface area contributed by atoms with Gasteiger partial charge in [0.2, 0.25) is 5.91 Å². The quantitative estimate of drug-likeness (QED) is 0.698. The average Bonchev–Trinajstić information content (AvgIpc) is 2.76. The van der Waals surface area contributed by atoms with Crippen molar-refractivity contribution < 1.29 is 14.3 Å². The highest BCUT2D eigenvalue weighted by atomic mass is 16.5. The van der Waals surface area contributed by atoms with Crippen LogP contribution in [0.2, 0.25) is 0 Å². The van der Waals surface area contributed by atoms with Gasteiger partial charge in [-0.1, -0.05) is 42.5 Å². The van der Waals surface area contributed by atoms with Gasteiger partial charge in [0.1, 0.15) is 5.75 Å². The summed E-state index contributed by atoms with van der Waals surface area (Å²) >= 11 is 0. The van der Waals surface area contributed by atoms with Crippen molar-refractivity contribution in [3.05, 3.63) is 65.7 Å². The first-order chi connectivity index (χ1) is 14.6. The summed E-state index contributed by atoms with van der Waals surface area (Å²) in [6.45, 7) is 7.54. The van der Waals surface area contributed by atoms with E-state index in [0.29, 0.717) is 13.2 Å².